The molecule has 1 saturated heterocycles. The topological polar surface area (TPSA) is 55.3 Å². The highest BCUT2D eigenvalue weighted by Crippen LogP contribution is 2.14. The largest absolute Gasteiger partial charge is 0.385 e. The lowest BCUT2D eigenvalue weighted by atomic mass is 10.1. The van der Waals surface area contributed by atoms with Gasteiger partial charge in [-0.1, -0.05) is 13.8 Å². The van der Waals surface area contributed by atoms with Crippen LogP contribution in [-0.4, -0.2) is 76.7 Å². The van der Waals surface area contributed by atoms with Crippen molar-refractivity contribution in [3.05, 3.63) is 0 Å². The average Bonchev–Trinajstić information content (AvgIpc) is 2.58. The number of guanidine groups is 1. The van der Waals surface area contributed by atoms with Crippen molar-refractivity contribution < 1.29 is 14.2 Å². The Morgan fingerprint density at radius 3 is 2.58 bits per heavy atom. The van der Waals surface area contributed by atoms with E-state index in [0.29, 0.717) is 25.2 Å². The van der Waals surface area contributed by atoms with E-state index in [1.165, 1.54) is 0 Å². The number of nitrogens with zero attached hydrogens (tertiary/aromatic N) is 2. The van der Waals surface area contributed by atoms with Gasteiger partial charge in [-0.05, 0) is 32.1 Å². The van der Waals surface area contributed by atoms with Crippen LogP contribution in [0.5, 0.6) is 0 Å². The van der Waals surface area contributed by atoms with E-state index in [4.69, 9.17) is 19.2 Å². The van der Waals surface area contributed by atoms with Gasteiger partial charge in [-0.2, -0.15) is 0 Å². The SMILES string of the molecule is CCNC(=NCCOCC(C)C)N1CCC(OCCCOC)CC1. The number of piperidine rings is 1. The van der Waals surface area contributed by atoms with Crippen molar-refractivity contribution in [2.24, 2.45) is 10.9 Å². The Bertz CT molecular complexity index is 329. The molecule has 0 unspecified atom stereocenters. The van der Waals surface area contributed by atoms with Crippen LogP contribution < -0.4 is 5.32 Å². The number of likely N-dealkylation sites (tertiary alicyclic amines) is 1. The number of hydrogen-bond donors (Lipinski definition) is 1. The van der Waals surface area contributed by atoms with Crippen LogP contribution >= 0.6 is 0 Å². The maximum absolute atomic E-state index is 5.92. The molecule has 0 spiro atoms. The first-order valence-corrected chi connectivity index (χ1v) is 9.38. The molecule has 142 valence electrons. The Kier molecular flexibility index (Phi) is 11.9. The van der Waals surface area contributed by atoms with Crippen molar-refractivity contribution in [1.82, 2.24) is 10.2 Å². The average molecular weight is 344 g/mol. The fraction of sp³-hybridized carbons (Fsp3) is 0.944. The molecule has 1 aliphatic rings. The minimum atomic E-state index is 0.371. The van der Waals surface area contributed by atoms with E-state index < -0.39 is 0 Å². The van der Waals surface area contributed by atoms with Crippen molar-refractivity contribution in [1.29, 1.82) is 0 Å². The van der Waals surface area contributed by atoms with Gasteiger partial charge in [0.25, 0.3) is 0 Å². The smallest absolute Gasteiger partial charge is 0.193 e. The van der Waals surface area contributed by atoms with Crippen molar-refractivity contribution in [3.63, 3.8) is 0 Å². The molecular formula is C18H37N3O3. The van der Waals surface area contributed by atoms with Gasteiger partial charge in [0.1, 0.15) is 0 Å². The van der Waals surface area contributed by atoms with Crippen LogP contribution in [0.1, 0.15) is 40.0 Å². The third-order valence-electron chi connectivity index (χ3n) is 3.87. The lowest BCUT2D eigenvalue weighted by Gasteiger charge is -2.34. The predicted molar refractivity (Wildman–Crippen MR) is 98.7 cm³/mol. The first kappa shape index (κ1) is 21.2. The summed E-state index contributed by atoms with van der Waals surface area (Å²) in [5.41, 5.74) is 0. The zero-order valence-corrected chi connectivity index (χ0v) is 16.1. The van der Waals surface area contributed by atoms with Crippen LogP contribution in [0, 0.1) is 5.92 Å². The maximum atomic E-state index is 5.92. The summed E-state index contributed by atoms with van der Waals surface area (Å²) in [6, 6.07) is 0. The zero-order chi connectivity index (χ0) is 17.6. The Hall–Kier alpha value is -0.850. The second-order valence-corrected chi connectivity index (χ2v) is 6.61. The lowest BCUT2D eigenvalue weighted by molar-refractivity contribution is 0.00987. The molecule has 0 aromatic heterocycles. The van der Waals surface area contributed by atoms with Crippen LogP contribution in [-0.2, 0) is 14.2 Å². The minimum absolute atomic E-state index is 0.371. The summed E-state index contributed by atoms with van der Waals surface area (Å²) >= 11 is 0. The van der Waals surface area contributed by atoms with Crippen molar-refractivity contribution in [2.45, 2.75) is 46.1 Å². The van der Waals surface area contributed by atoms with E-state index in [2.05, 4.69) is 31.0 Å². The van der Waals surface area contributed by atoms with Crippen LogP contribution in [0.25, 0.3) is 0 Å². The molecule has 0 saturated carbocycles. The molecule has 0 bridgehead atoms. The van der Waals surface area contributed by atoms with Crippen LogP contribution in [0.15, 0.2) is 4.99 Å². The second-order valence-electron chi connectivity index (χ2n) is 6.61. The maximum Gasteiger partial charge on any atom is 0.193 e. The number of nitrogens with one attached hydrogen (secondary N) is 1. The number of methoxy groups -OCH3 is 1. The molecule has 1 heterocycles. The van der Waals surface area contributed by atoms with Crippen molar-refractivity contribution in [3.8, 4) is 0 Å². The Morgan fingerprint density at radius 1 is 1.21 bits per heavy atom. The normalized spacial score (nSPS) is 16.9. The van der Waals surface area contributed by atoms with E-state index >= 15 is 0 Å². The van der Waals surface area contributed by atoms with Gasteiger partial charge in [-0.15, -0.1) is 0 Å². The standard InChI is InChI=1S/C18H37N3O3/c1-5-19-18(20-9-14-23-15-16(2)3)21-10-7-17(8-11-21)24-13-6-12-22-4/h16-17H,5-15H2,1-4H3,(H,19,20). The molecule has 6 heteroatoms. The quantitative estimate of drug-likeness (QED) is 0.354. The van der Waals surface area contributed by atoms with E-state index in [9.17, 15) is 0 Å². The molecule has 0 radical (unpaired) electrons. The Morgan fingerprint density at radius 2 is 1.96 bits per heavy atom. The molecule has 1 fully saturated rings. The fourth-order valence-corrected chi connectivity index (χ4v) is 2.65. The minimum Gasteiger partial charge on any atom is -0.385 e. The van der Waals surface area contributed by atoms with Crippen LogP contribution in [0.4, 0.5) is 0 Å². The Labute approximate surface area is 147 Å². The first-order chi connectivity index (χ1) is 11.7. The van der Waals surface area contributed by atoms with E-state index in [1.54, 1.807) is 7.11 Å². The van der Waals surface area contributed by atoms with Gasteiger partial charge in [0.05, 0.1) is 19.3 Å². The lowest BCUT2D eigenvalue weighted by Crippen LogP contribution is -2.47. The number of rotatable bonds is 11. The predicted octanol–water partition coefficient (Wildman–Crippen LogP) is 2.14. The molecule has 0 aliphatic carbocycles. The van der Waals surface area contributed by atoms with Gasteiger partial charge in [-0.3, -0.25) is 4.99 Å². The van der Waals surface area contributed by atoms with Gasteiger partial charge in [0, 0.05) is 46.6 Å². The molecule has 0 amide bonds. The number of aliphatic imine (C=N–C) groups is 1. The fourth-order valence-electron chi connectivity index (χ4n) is 2.65. The van der Waals surface area contributed by atoms with Gasteiger partial charge in [0.15, 0.2) is 5.96 Å². The highest BCUT2D eigenvalue weighted by atomic mass is 16.5. The molecule has 24 heavy (non-hydrogen) atoms. The highest BCUT2D eigenvalue weighted by Gasteiger charge is 2.21. The molecule has 0 aromatic carbocycles. The summed E-state index contributed by atoms with van der Waals surface area (Å²) in [6.07, 6.45) is 3.45. The summed E-state index contributed by atoms with van der Waals surface area (Å²) in [5.74, 6) is 1.58. The number of hydrogen-bond acceptors (Lipinski definition) is 4. The molecule has 0 aromatic rings. The van der Waals surface area contributed by atoms with E-state index in [0.717, 1.165) is 64.7 Å². The number of ether oxygens (including phenoxy) is 3. The van der Waals surface area contributed by atoms with Crippen molar-refractivity contribution in [2.75, 3.05) is 59.7 Å². The molecule has 1 rings (SSSR count). The summed E-state index contributed by atoms with van der Waals surface area (Å²) < 4.78 is 16.6. The van der Waals surface area contributed by atoms with Crippen LogP contribution in [0.2, 0.25) is 0 Å². The monoisotopic (exact) mass is 343 g/mol. The molecule has 0 atom stereocenters. The highest BCUT2D eigenvalue weighted by molar-refractivity contribution is 5.80. The molecule has 1 aliphatic heterocycles. The van der Waals surface area contributed by atoms with Gasteiger partial charge in [0.2, 0.25) is 0 Å². The summed E-state index contributed by atoms with van der Waals surface area (Å²) in [4.78, 5) is 7.03. The van der Waals surface area contributed by atoms with Crippen LogP contribution in [0.3, 0.4) is 0 Å². The molecule has 6 nitrogen and oxygen atoms in total. The van der Waals surface area contributed by atoms with E-state index in [-0.39, 0.29) is 0 Å². The third kappa shape index (κ3) is 9.45. The van der Waals surface area contributed by atoms with Crippen molar-refractivity contribution >= 4 is 5.96 Å². The zero-order valence-electron chi connectivity index (χ0n) is 16.1. The van der Waals surface area contributed by atoms with E-state index in [1.807, 2.05) is 0 Å². The summed E-state index contributed by atoms with van der Waals surface area (Å²) in [7, 11) is 1.73. The summed E-state index contributed by atoms with van der Waals surface area (Å²) in [6.45, 7) is 13.1. The van der Waals surface area contributed by atoms with Gasteiger partial charge in [-0.25, -0.2) is 0 Å². The second kappa shape index (κ2) is 13.4. The van der Waals surface area contributed by atoms with Gasteiger partial charge >= 0.3 is 0 Å². The van der Waals surface area contributed by atoms with Gasteiger partial charge < -0.3 is 24.4 Å². The molecule has 1 N–H and O–H groups in total. The molecular weight excluding hydrogens is 306 g/mol. The first-order valence-electron chi connectivity index (χ1n) is 9.38. The Balaban J connectivity index is 2.28. The summed E-state index contributed by atoms with van der Waals surface area (Å²) in [5, 5.41) is 3.39. The third-order valence-corrected chi connectivity index (χ3v) is 3.87.